The molecule has 4 aromatic rings. The zero-order valence-electron chi connectivity index (χ0n) is 16.9. The third kappa shape index (κ3) is 4.85. The number of nitrogens with zero attached hydrogens (tertiary/aromatic N) is 3. The normalized spacial score (nSPS) is 11.7. The zero-order chi connectivity index (χ0) is 22.0. The van der Waals surface area contributed by atoms with E-state index in [1.165, 1.54) is 23.5 Å². The van der Waals surface area contributed by atoms with Crippen LogP contribution in [0, 0.1) is 0 Å². The predicted octanol–water partition coefficient (Wildman–Crippen LogP) is 4.20. The van der Waals surface area contributed by atoms with Crippen LogP contribution in [0.25, 0.3) is 11.0 Å². The maximum Gasteiger partial charge on any atom is 0.238 e. The van der Waals surface area contributed by atoms with Gasteiger partial charge in [0, 0.05) is 23.4 Å². The number of imidazole rings is 1. The third-order valence-corrected chi connectivity index (χ3v) is 7.30. The molecule has 2 aromatic carbocycles. The summed E-state index contributed by atoms with van der Waals surface area (Å²) in [6, 6.07) is 12.4. The quantitative estimate of drug-likeness (QED) is 0.367. The molecule has 0 radical (unpaired) electrons. The van der Waals surface area contributed by atoms with Crippen LogP contribution >= 0.6 is 23.1 Å². The summed E-state index contributed by atoms with van der Waals surface area (Å²) in [5.74, 6) is 1.45. The van der Waals surface area contributed by atoms with Crippen LogP contribution < -0.4 is 15.2 Å². The molecule has 162 valence electrons. The molecule has 0 saturated heterocycles. The molecule has 2 heterocycles. The fourth-order valence-electron chi connectivity index (χ4n) is 3.05. The van der Waals surface area contributed by atoms with Gasteiger partial charge in [-0.25, -0.2) is 23.5 Å². The fourth-order valence-corrected chi connectivity index (χ4v) is 5.39. The fraction of sp³-hybridized carbons (Fsp3) is 0.200. The second kappa shape index (κ2) is 8.87. The summed E-state index contributed by atoms with van der Waals surface area (Å²) in [5.41, 5.74) is 3.35. The van der Waals surface area contributed by atoms with Gasteiger partial charge in [0.1, 0.15) is 5.75 Å². The van der Waals surface area contributed by atoms with Gasteiger partial charge in [-0.15, -0.1) is 11.3 Å². The van der Waals surface area contributed by atoms with E-state index in [1.807, 2.05) is 36.6 Å². The summed E-state index contributed by atoms with van der Waals surface area (Å²) in [6.45, 7) is 2.74. The van der Waals surface area contributed by atoms with Gasteiger partial charge in [0.2, 0.25) is 10.0 Å². The van der Waals surface area contributed by atoms with E-state index in [4.69, 9.17) is 9.88 Å². The highest BCUT2D eigenvalue weighted by Crippen LogP contribution is 2.30. The monoisotopic (exact) mass is 475 g/mol. The topological polar surface area (TPSA) is 112 Å². The van der Waals surface area contributed by atoms with Crippen molar-refractivity contribution in [1.29, 1.82) is 0 Å². The van der Waals surface area contributed by atoms with E-state index in [0.717, 1.165) is 39.5 Å². The van der Waals surface area contributed by atoms with Crippen molar-refractivity contribution in [3.8, 4) is 5.75 Å². The smallest absolute Gasteiger partial charge is 0.238 e. The Hall–Kier alpha value is -2.60. The van der Waals surface area contributed by atoms with Gasteiger partial charge in [0.25, 0.3) is 0 Å². The number of hydrogen-bond acceptors (Lipinski definition) is 8. The molecule has 11 heteroatoms. The molecule has 0 aliphatic carbocycles. The number of anilines is 2. The molecular weight excluding hydrogens is 454 g/mol. The number of thioether (sulfide) groups is 1. The van der Waals surface area contributed by atoms with Gasteiger partial charge in [0.15, 0.2) is 10.3 Å². The largest absolute Gasteiger partial charge is 0.497 e. The molecule has 0 spiro atoms. The van der Waals surface area contributed by atoms with Crippen LogP contribution in [0.15, 0.2) is 57.9 Å². The van der Waals surface area contributed by atoms with Crippen molar-refractivity contribution < 1.29 is 13.2 Å². The number of benzene rings is 2. The average Bonchev–Trinajstić information content (AvgIpc) is 3.35. The first-order valence-electron chi connectivity index (χ1n) is 9.38. The molecule has 3 N–H and O–H groups in total. The van der Waals surface area contributed by atoms with Crippen LogP contribution in [-0.4, -0.2) is 30.1 Å². The first-order valence-corrected chi connectivity index (χ1v) is 12.8. The van der Waals surface area contributed by atoms with Crippen molar-refractivity contribution in [2.75, 3.05) is 12.4 Å². The van der Waals surface area contributed by atoms with Crippen LogP contribution in [0.2, 0.25) is 0 Å². The second-order valence-electron chi connectivity index (χ2n) is 6.62. The van der Waals surface area contributed by atoms with Gasteiger partial charge in [-0.3, -0.25) is 0 Å². The lowest BCUT2D eigenvalue weighted by Crippen LogP contribution is -2.11. The Bertz CT molecular complexity index is 1310. The van der Waals surface area contributed by atoms with E-state index in [9.17, 15) is 8.42 Å². The molecule has 0 fully saturated rings. The molecular formula is C20H21N5O3S3. The summed E-state index contributed by atoms with van der Waals surface area (Å²) in [4.78, 5) is 9.32. The van der Waals surface area contributed by atoms with Crippen molar-refractivity contribution in [1.82, 2.24) is 14.5 Å². The lowest BCUT2D eigenvalue weighted by Gasteiger charge is -2.05. The molecule has 0 unspecified atom stereocenters. The number of primary sulfonamides is 1. The highest BCUT2D eigenvalue weighted by atomic mass is 32.2. The lowest BCUT2D eigenvalue weighted by molar-refractivity contribution is 0.415. The molecule has 0 aliphatic heterocycles. The van der Waals surface area contributed by atoms with E-state index in [-0.39, 0.29) is 4.90 Å². The van der Waals surface area contributed by atoms with Crippen molar-refractivity contribution in [2.24, 2.45) is 5.14 Å². The van der Waals surface area contributed by atoms with E-state index in [1.54, 1.807) is 24.9 Å². The minimum atomic E-state index is -3.77. The molecule has 0 atom stereocenters. The third-order valence-electron chi connectivity index (χ3n) is 4.57. The molecule has 0 bridgehead atoms. The molecule has 8 nitrogen and oxygen atoms in total. The Morgan fingerprint density at radius 1 is 1.19 bits per heavy atom. The average molecular weight is 476 g/mol. The molecule has 0 saturated carbocycles. The number of nitrogens with one attached hydrogen (secondary N) is 1. The van der Waals surface area contributed by atoms with Gasteiger partial charge < -0.3 is 14.6 Å². The number of nitrogens with two attached hydrogens (primary N) is 1. The Morgan fingerprint density at radius 3 is 2.65 bits per heavy atom. The predicted molar refractivity (Wildman–Crippen MR) is 125 cm³/mol. The number of hydrogen-bond donors (Lipinski definition) is 2. The van der Waals surface area contributed by atoms with E-state index in [2.05, 4.69) is 19.9 Å². The van der Waals surface area contributed by atoms with Crippen molar-refractivity contribution in [2.45, 2.75) is 29.3 Å². The minimum absolute atomic E-state index is 0.0612. The number of rotatable bonds is 8. The molecule has 4 rings (SSSR count). The summed E-state index contributed by atoms with van der Waals surface area (Å²) < 4.78 is 30.5. The Kier molecular flexibility index (Phi) is 6.19. The lowest BCUT2D eigenvalue weighted by atomic mass is 10.3. The summed E-state index contributed by atoms with van der Waals surface area (Å²) in [5, 5.41) is 12.2. The van der Waals surface area contributed by atoms with Crippen LogP contribution in [0.5, 0.6) is 5.75 Å². The SMILES string of the molecule is CCn1c(SCc2csc(Nc3ccc(OC)cc3)n2)nc2cc(S(N)(=O)=O)ccc21. The molecule has 0 amide bonds. The van der Waals surface area contributed by atoms with Gasteiger partial charge in [0.05, 0.1) is 28.7 Å². The second-order valence-corrected chi connectivity index (χ2v) is 9.98. The Balaban J connectivity index is 1.48. The van der Waals surface area contributed by atoms with Crippen molar-refractivity contribution >= 4 is 55.0 Å². The van der Waals surface area contributed by atoms with Crippen LogP contribution in [-0.2, 0) is 22.3 Å². The van der Waals surface area contributed by atoms with Gasteiger partial charge in [-0.05, 0) is 49.4 Å². The Labute approximate surface area is 188 Å². The Morgan fingerprint density at radius 2 is 1.97 bits per heavy atom. The maximum atomic E-state index is 11.6. The number of thiazole rings is 1. The van der Waals surface area contributed by atoms with E-state index >= 15 is 0 Å². The molecule has 31 heavy (non-hydrogen) atoms. The zero-order valence-corrected chi connectivity index (χ0v) is 19.4. The maximum absolute atomic E-state index is 11.6. The first-order chi connectivity index (χ1) is 14.9. The van der Waals surface area contributed by atoms with Gasteiger partial charge >= 0.3 is 0 Å². The number of fused-ring (bicyclic) bond motifs is 1. The number of ether oxygens (including phenoxy) is 1. The number of aryl methyl sites for hydroxylation is 1. The van der Waals surface area contributed by atoms with Crippen molar-refractivity contribution in [3.63, 3.8) is 0 Å². The van der Waals surface area contributed by atoms with Crippen LogP contribution in [0.3, 0.4) is 0 Å². The summed E-state index contributed by atoms with van der Waals surface area (Å²) >= 11 is 3.09. The van der Waals surface area contributed by atoms with E-state index < -0.39 is 10.0 Å². The first kappa shape index (κ1) is 21.6. The van der Waals surface area contributed by atoms with Crippen LogP contribution in [0.1, 0.15) is 12.6 Å². The number of aromatic nitrogens is 3. The van der Waals surface area contributed by atoms with Crippen LogP contribution in [0.4, 0.5) is 10.8 Å². The highest BCUT2D eigenvalue weighted by Gasteiger charge is 2.15. The van der Waals surface area contributed by atoms with Gasteiger partial charge in [-0.1, -0.05) is 11.8 Å². The summed E-state index contributed by atoms with van der Waals surface area (Å²) in [6.07, 6.45) is 0. The van der Waals surface area contributed by atoms with E-state index in [0.29, 0.717) is 11.3 Å². The summed E-state index contributed by atoms with van der Waals surface area (Å²) in [7, 11) is -2.13. The minimum Gasteiger partial charge on any atom is -0.497 e. The molecule has 0 aliphatic rings. The highest BCUT2D eigenvalue weighted by molar-refractivity contribution is 7.98. The number of methoxy groups -OCH3 is 1. The van der Waals surface area contributed by atoms with Gasteiger partial charge in [-0.2, -0.15) is 0 Å². The standard InChI is InChI=1S/C20H21N5O3S3/c1-3-25-18-9-8-16(31(21,26)27)10-17(18)24-20(25)30-12-14-11-29-19(23-14)22-13-4-6-15(28-2)7-5-13/h4-11H,3,12H2,1-2H3,(H,22,23)(H2,21,26,27). The molecule has 2 aromatic heterocycles. The van der Waals surface area contributed by atoms with Crippen molar-refractivity contribution in [3.05, 3.63) is 53.5 Å². The number of sulfonamides is 1.